The summed E-state index contributed by atoms with van der Waals surface area (Å²) in [5.74, 6) is 4.66. The molecule has 19 aromatic rings. The maximum atomic E-state index is 12.5. The minimum atomic E-state index is -0.301. The van der Waals surface area contributed by atoms with Crippen molar-refractivity contribution < 1.29 is 23.9 Å². The Labute approximate surface area is 828 Å². The van der Waals surface area contributed by atoms with Gasteiger partial charge < -0.3 is 46.7 Å². The molecule has 7 N–H and O–H groups in total. The van der Waals surface area contributed by atoms with Crippen molar-refractivity contribution in [1.82, 2.24) is 114 Å². The van der Waals surface area contributed by atoms with Crippen molar-refractivity contribution >= 4 is 104 Å². The third kappa shape index (κ3) is 25.5. The first-order chi connectivity index (χ1) is 68.6. The average Bonchev–Trinajstić information content (AvgIpc) is 1.66. The summed E-state index contributed by atoms with van der Waals surface area (Å²) in [5.41, 5.74) is 23.1. The van der Waals surface area contributed by atoms with Crippen LogP contribution in [0.2, 0.25) is 5.02 Å². The monoisotopic (exact) mass is 1920 g/mol. The lowest BCUT2D eigenvalue weighted by Crippen LogP contribution is -2.38. The molecule has 2 fully saturated rings. The smallest absolute Gasteiger partial charge is 0.251 e. The van der Waals surface area contributed by atoms with E-state index < -0.39 is 0 Å². The molecule has 14 heterocycles. The molecule has 2 aliphatic rings. The number of nitrogens with one attached hydrogen (secondary N) is 7. The summed E-state index contributed by atoms with van der Waals surface area (Å²) in [4.78, 5) is 70.2. The molecule has 1 aliphatic carbocycles. The molecule has 1 saturated carbocycles. The number of ether oxygens (including phenoxy) is 2. The topological polar surface area (TPSA) is 352 Å². The Bertz CT molecular complexity index is 7520. The van der Waals surface area contributed by atoms with E-state index in [1.54, 1.807) is 64.9 Å². The molecule has 33 heteroatoms. The molecule has 0 radical (unpaired) electrons. The van der Waals surface area contributed by atoms with Gasteiger partial charge in [-0.2, -0.15) is 30.1 Å². The van der Waals surface area contributed by atoms with Crippen molar-refractivity contribution in [2.45, 2.75) is 120 Å². The van der Waals surface area contributed by atoms with Crippen LogP contribution in [0.5, 0.6) is 5.75 Å². The third-order valence-corrected chi connectivity index (χ3v) is 23.6. The largest absolute Gasteiger partial charge is 0.497 e. The van der Waals surface area contributed by atoms with Gasteiger partial charge in [0, 0.05) is 129 Å². The number of halogens is 1. The number of benzene rings is 6. The fourth-order valence-corrected chi connectivity index (χ4v) is 16.1. The maximum absolute atomic E-state index is 12.5. The van der Waals surface area contributed by atoms with Gasteiger partial charge in [0.25, 0.3) is 11.8 Å². The van der Waals surface area contributed by atoms with Crippen molar-refractivity contribution in [3.8, 4) is 62.0 Å². The minimum absolute atomic E-state index is 0. The highest BCUT2D eigenvalue weighted by Gasteiger charge is 2.25. The summed E-state index contributed by atoms with van der Waals surface area (Å²) in [7, 11) is 1.65. The highest BCUT2D eigenvalue weighted by atomic mass is 35.5. The number of carbonyl (C=O) groups excluding carboxylic acids is 3. The fraction of sp³-hybridized carbons (Fsp3) is 0.248. The number of anilines is 8. The van der Waals surface area contributed by atoms with Gasteiger partial charge in [-0.15, -0.1) is 20.4 Å². The van der Waals surface area contributed by atoms with E-state index in [0.717, 1.165) is 190 Å². The highest BCUT2D eigenvalue weighted by Crippen LogP contribution is 2.33. The molecular formula is C109H116ClN27O5. The average molecular weight is 1920 g/mol. The van der Waals surface area contributed by atoms with Crippen molar-refractivity contribution in [2.75, 3.05) is 74.3 Å². The molecule has 724 valence electrons. The molecule has 142 heavy (non-hydrogen) atoms. The number of carbonyl (C=O) groups is 3. The number of aromatic nitrogens is 19. The van der Waals surface area contributed by atoms with Crippen LogP contribution in [-0.2, 0) is 22.5 Å². The predicted molar refractivity (Wildman–Crippen MR) is 560 cm³/mol. The lowest BCUT2D eigenvalue weighted by Gasteiger charge is -2.26. The van der Waals surface area contributed by atoms with Gasteiger partial charge in [0.05, 0.1) is 61.5 Å². The molecule has 0 unspecified atom stereocenters. The van der Waals surface area contributed by atoms with E-state index in [2.05, 4.69) is 223 Å². The van der Waals surface area contributed by atoms with Crippen LogP contribution >= 0.6 is 11.6 Å². The number of pyridine rings is 7. The molecule has 0 spiro atoms. The first-order valence-electron chi connectivity index (χ1n) is 47.3. The Morgan fingerprint density at radius 2 is 0.930 bits per heavy atom. The van der Waals surface area contributed by atoms with Crippen molar-refractivity contribution in [2.24, 2.45) is 5.92 Å². The SMILES string of the molecule is C.CCc1cc(Nc2nc3cccc(-c4cccc(C(C)C)c4)n3n2)ccn1.COc1cccc(-c2cccc3nc(Nc4ccc(C(=O)NCCCN5CCOCC5)cc4)nn23)c1.Cc1cc(Nc2nc3cccc(-c4ccc(C(C)C)cc4)n3n2)ccn1.Cc1nc2cccc(-c3cnn(CC(C)C)c3)n2n1.O=C(CNC(=O)c1ccc(Nc2nc3cccc(-c4cccc(Cl)c4)n3n2)cc1)NC1CC1. The highest BCUT2D eigenvalue weighted by molar-refractivity contribution is 6.30. The molecule has 0 atom stereocenters. The van der Waals surface area contributed by atoms with Gasteiger partial charge in [0.2, 0.25) is 29.7 Å². The van der Waals surface area contributed by atoms with Crippen LogP contribution in [0.25, 0.3) is 84.5 Å². The minimum Gasteiger partial charge on any atom is -0.497 e. The van der Waals surface area contributed by atoms with E-state index in [1.807, 2.05) is 202 Å². The second-order valence-electron chi connectivity index (χ2n) is 35.3. The zero-order valence-corrected chi connectivity index (χ0v) is 81.0. The number of hydrogen-bond acceptors (Lipinski definition) is 23. The molecule has 3 amide bonds. The second-order valence-corrected chi connectivity index (χ2v) is 35.7. The second kappa shape index (κ2) is 46.3. The number of rotatable bonds is 28. The van der Waals surface area contributed by atoms with Gasteiger partial charge in [-0.05, 0) is 239 Å². The zero-order chi connectivity index (χ0) is 97.8. The van der Waals surface area contributed by atoms with Crippen LogP contribution < -0.4 is 42.0 Å². The lowest BCUT2D eigenvalue weighted by atomic mass is 9.99. The molecule has 0 bridgehead atoms. The summed E-state index contributed by atoms with van der Waals surface area (Å²) < 4.78 is 21.9. The summed E-state index contributed by atoms with van der Waals surface area (Å²) in [6.45, 7) is 25.2. The van der Waals surface area contributed by atoms with Crippen molar-refractivity contribution in [3.63, 3.8) is 0 Å². The molecule has 1 aliphatic heterocycles. The van der Waals surface area contributed by atoms with E-state index in [1.165, 1.54) is 11.1 Å². The normalized spacial score (nSPS) is 12.3. The number of nitrogens with zero attached hydrogens (tertiary/aromatic N) is 20. The summed E-state index contributed by atoms with van der Waals surface area (Å²) in [6.07, 6.45) is 11.4. The molecule has 32 nitrogen and oxygen atoms in total. The Morgan fingerprint density at radius 3 is 1.44 bits per heavy atom. The van der Waals surface area contributed by atoms with Gasteiger partial charge in [-0.1, -0.05) is 165 Å². The summed E-state index contributed by atoms with van der Waals surface area (Å²) in [6, 6.07) is 84.7. The zero-order valence-electron chi connectivity index (χ0n) is 80.3. The fourth-order valence-electron chi connectivity index (χ4n) is 15.9. The Kier molecular flexibility index (Phi) is 32.2. The number of methoxy groups -OCH3 is 1. The first-order valence-corrected chi connectivity index (χ1v) is 47.7. The van der Waals surface area contributed by atoms with Crippen molar-refractivity contribution in [1.29, 1.82) is 0 Å². The summed E-state index contributed by atoms with van der Waals surface area (Å²) in [5, 5.41) is 49.5. The summed E-state index contributed by atoms with van der Waals surface area (Å²) >= 11 is 6.15. The van der Waals surface area contributed by atoms with Gasteiger partial charge in [-0.25, -0.2) is 27.6 Å². The molecule has 13 aromatic heterocycles. The van der Waals surface area contributed by atoms with E-state index in [-0.39, 0.29) is 37.7 Å². The van der Waals surface area contributed by atoms with Crippen LogP contribution in [0, 0.1) is 19.8 Å². The molecule has 6 aromatic carbocycles. The lowest BCUT2D eigenvalue weighted by molar-refractivity contribution is -0.120. The molecular weight excluding hydrogens is 1800 g/mol. The maximum Gasteiger partial charge on any atom is 0.251 e. The van der Waals surface area contributed by atoms with E-state index in [4.69, 9.17) is 21.1 Å². The first kappa shape index (κ1) is 98.6. The van der Waals surface area contributed by atoms with E-state index in [0.29, 0.717) is 69.9 Å². The number of aryl methyl sites for hydroxylation is 3. The van der Waals surface area contributed by atoms with Crippen molar-refractivity contribution in [3.05, 3.63) is 330 Å². The number of fused-ring (bicyclic) bond motifs is 5. The van der Waals surface area contributed by atoms with Crippen LogP contribution in [-0.4, -0.2) is 174 Å². The van der Waals surface area contributed by atoms with Gasteiger partial charge in [-0.3, -0.25) is 33.9 Å². The van der Waals surface area contributed by atoms with Crippen LogP contribution in [0.4, 0.5) is 46.5 Å². The number of morpholine rings is 1. The van der Waals surface area contributed by atoms with E-state index >= 15 is 0 Å². The van der Waals surface area contributed by atoms with Gasteiger partial charge in [0.1, 0.15) is 11.6 Å². The quantitative estimate of drug-likeness (QED) is 0.0224. The predicted octanol–water partition coefficient (Wildman–Crippen LogP) is 20.8. The third-order valence-electron chi connectivity index (χ3n) is 23.4. The van der Waals surface area contributed by atoms with E-state index in [9.17, 15) is 14.4 Å². The number of amides is 3. The van der Waals surface area contributed by atoms with Crippen LogP contribution in [0.15, 0.2) is 286 Å². The molecule has 21 rings (SSSR count). The Balaban J connectivity index is 0.000000129. The van der Waals surface area contributed by atoms with Gasteiger partial charge in [0.15, 0.2) is 28.2 Å². The van der Waals surface area contributed by atoms with Gasteiger partial charge >= 0.3 is 0 Å². The van der Waals surface area contributed by atoms with Crippen LogP contribution in [0.1, 0.15) is 136 Å². The Morgan fingerprint density at radius 1 is 0.465 bits per heavy atom. The molecule has 1 saturated heterocycles. The Hall–Kier alpha value is -16.5. The van der Waals surface area contributed by atoms with Crippen LogP contribution in [0.3, 0.4) is 0 Å². The standard InChI is InChI=1S/C27H30N6O3.C24H21ClN6O2.C22H23N5.C21H21N5.C14H17N5.CH4/c1-35-23-6-2-5-21(19-23)24-7-3-8-25-30-27(31-33(24)25)29-22-11-9-20(10-12-22)26(34)28-13-4-14-32-15-17-36-18-16-32;25-17-4-1-3-16(13-17)20-5-2-6-21-29-24(30-31(20)21)28-19-9-7-15(8-10-19)23(33)26-14-22(32)27-18-11-12-18;1-4-18-14-19(11-12-23-18)24-22-25-21-10-6-9-20(27(21)26-22)17-8-5-7-16(13-17)15(2)3;1-14(2)16-7-9-17(10-8-16)19-5-4-6-20-24-21(25-26(19)20)23-18-11-12-22-15(3)13-18;1-10(2)8-18-9-12(7-15-18)13-5-4-6-14-16-11(3)17-19(13)14;/h2-3,5-12,19H,4,13-18H2,1H3,(H,28,34)(H,29,31);1-10,13,18H,11-12,14H2,(H,26,33)(H,27,32)(H,28,30);5-15H,4H2,1-3H3,(H,23,24,26);4-14H,1-3H3,(H,22,23,25);4-7,9-10H,8H2,1-3H3;1H4. The number of hydrogen-bond donors (Lipinski definition) is 7.